The molecule has 3 aromatic rings. The first-order valence-electron chi connectivity index (χ1n) is 11.6. The molecule has 0 fully saturated rings. The number of para-hydroxylation sites is 1. The number of ether oxygens (including phenoxy) is 4. The van der Waals surface area contributed by atoms with Crippen molar-refractivity contribution in [3.63, 3.8) is 0 Å². The number of nitrogens with one attached hydrogen (secondary N) is 1. The molecule has 2 heterocycles. The maximum Gasteiger partial charge on any atom is 0.341 e. The first-order valence-corrected chi connectivity index (χ1v) is 11.6. The standard InChI is InChI=1S/C26H26N4O7/c1-34-20-10-15(11-21(35-2)25(20)36-3)14-8-17-23(18(31)9-14)24(30-26(29-17)27-13-28-30)16-6-4-5-7-19(16)37-12-22(32)33/h4-7,10-11,13-14,24H,8-9,12H2,1-3H3,(H,32,33)(H,27,28,29)/t14-,24-/m1/s1. The number of carboxylic acids is 1. The van der Waals surface area contributed by atoms with Gasteiger partial charge in [-0.05, 0) is 36.1 Å². The number of carbonyl (C=O) groups excluding carboxylic acids is 1. The lowest BCUT2D eigenvalue weighted by Crippen LogP contribution is -2.34. The van der Waals surface area contributed by atoms with Crippen LogP contribution in [0.5, 0.6) is 23.0 Å². The van der Waals surface area contributed by atoms with Gasteiger partial charge in [0.1, 0.15) is 18.1 Å². The van der Waals surface area contributed by atoms with Gasteiger partial charge in [0, 0.05) is 23.3 Å². The molecule has 2 aliphatic rings. The van der Waals surface area contributed by atoms with Crippen LogP contribution in [0, 0.1) is 0 Å². The topological polar surface area (TPSA) is 134 Å². The summed E-state index contributed by atoms with van der Waals surface area (Å²) < 4.78 is 23.7. The second kappa shape index (κ2) is 9.84. The molecule has 0 bridgehead atoms. The van der Waals surface area contributed by atoms with Gasteiger partial charge in [-0.3, -0.25) is 4.79 Å². The van der Waals surface area contributed by atoms with Gasteiger partial charge in [0.2, 0.25) is 11.7 Å². The Bertz CT molecular complexity index is 1370. The summed E-state index contributed by atoms with van der Waals surface area (Å²) in [5.41, 5.74) is 2.79. The molecule has 0 saturated heterocycles. The highest BCUT2D eigenvalue weighted by Gasteiger charge is 2.40. The number of allylic oxidation sites excluding steroid dienone is 2. The summed E-state index contributed by atoms with van der Waals surface area (Å²) in [5.74, 6) is 1.05. The quantitative estimate of drug-likeness (QED) is 0.469. The van der Waals surface area contributed by atoms with E-state index in [1.54, 1.807) is 38.1 Å². The molecule has 1 aliphatic heterocycles. The number of aromatic nitrogens is 3. The number of hydrogen-bond donors (Lipinski definition) is 2. The number of carboxylic acid groups (broad SMARTS) is 1. The average molecular weight is 507 g/mol. The number of Topliss-reactive ketones (excluding diaryl/α,β-unsaturated/α-hetero) is 1. The number of fused-ring (bicyclic) bond motifs is 1. The maximum absolute atomic E-state index is 13.8. The molecule has 2 N–H and O–H groups in total. The summed E-state index contributed by atoms with van der Waals surface area (Å²) in [6.45, 7) is -0.505. The van der Waals surface area contributed by atoms with Gasteiger partial charge in [-0.15, -0.1) is 0 Å². The van der Waals surface area contributed by atoms with E-state index in [1.807, 2.05) is 24.3 Å². The Balaban J connectivity index is 1.57. The van der Waals surface area contributed by atoms with E-state index >= 15 is 0 Å². The lowest BCUT2D eigenvalue weighted by atomic mass is 9.77. The summed E-state index contributed by atoms with van der Waals surface area (Å²) in [7, 11) is 4.65. The Morgan fingerprint density at radius 3 is 2.49 bits per heavy atom. The molecular formula is C26H26N4O7. The monoisotopic (exact) mass is 506 g/mol. The molecule has 11 nitrogen and oxygen atoms in total. The highest BCUT2D eigenvalue weighted by Crippen LogP contribution is 2.48. The molecule has 0 unspecified atom stereocenters. The van der Waals surface area contributed by atoms with Crippen LogP contribution in [0.25, 0.3) is 0 Å². The first-order chi connectivity index (χ1) is 17.9. The van der Waals surface area contributed by atoms with Crippen LogP contribution in [-0.2, 0) is 9.59 Å². The fourth-order valence-electron chi connectivity index (χ4n) is 4.99. The van der Waals surface area contributed by atoms with Gasteiger partial charge in [-0.1, -0.05) is 18.2 Å². The van der Waals surface area contributed by atoms with Gasteiger partial charge in [0.25, 0.3) is 0 Å². The number of aliphatic carboxylic acids is 1. The van der Waals surface area contributed by atoms with E-state index in [4.69, 9.17) is 24.1 Å². The average Bonchev–Trinajstić information content (AvgIpc) is 3.38. The van der Waals surface area contributed by atoms with Gasteiger partial charge < -0.3 is 29.4 Å². The highest BCUT2D eigenvalue weighted by atomic mass is 16.5. The van der Waals surface area contributed by atoms with E-state index in [-0.39, 0.29) is 18.1 Å². The number of carbonyl (C=O) groups is 2. The number of benzene rings is 2. The predicted molar refractivity (Wildman–Crippen MR) is 131 cm³/mol. The van der Waals surface area contributed by atoms with E-state index in [9.17, 15) is 9.59 Å². The van der Waals surface area contributed by atoms with Crippen LogP contribution in [0.2, 0.25) is 0 Å². The number of methoxy groups -OCH3 is 3. The number of hydrogen-bond acceptors (Lipinski definition) is 9. The summed E-state index contributed by atoms with van der Waals surface area (Å²) in [4.78, 5) is 29.2. The van der Waals surface area contributed by atoms with Crippen molar-refractivity contribution in [1.82, 2.24) is 14.8 Å². The molecular weight excluding hydrogens is 480 g/mol. The van der Waals surface area contributed by atoms with Crippen molar-refractivity contribution in [3.05, 3.63) is 65.1 Å². The Morgan fingerprint density at radius 1 is 1.08 bits per heavy atom. The summed E-state index contributed by atoms with van der Waals surface area (Å²) in [5, 5.41) is 16.8. The van der Waals surface area contributed by atoms with Crippen molar-refractivity contribution in [2.45, 2.75) is 24.8 Å². The van der Waals surface area contributed by atoms with Gasteiger partial charge in [-0.25, -0.2) is 9.48 Å². The molecule has 1 aromatic heterocycles. The highest BCUT2D eigenvalue weighted by molar-refractivity contribution is 6.00. The van der Waals surface area contributed by atoms with Gasteiger partial charge >= 0.3 is 5.97 Å². The molecule has 0 spiro atoms. The minimum absolute atomic E-state index is 0.0633. The van der Waals surface area contributed by atoms with Crippen LogP contribution in [-0.4, -0.2) is 59.6 Å². The normalized spacial score (nSPS) is 18.4. The Labute approximate surface area is 212 Å². The Kier molecular flexibility index (Phi) is 6.43. The molecule has 0 radical (unpaired) electrons. The maximum atomic E-state index is 13.8. The minimum Gasteiger partial charge on any atom is -0.493 e. The zero-order valence-electron chi connectivity index (χ0n) is 20.6. The lowest BCUT2D eigenvalue weighted by molar-refractivity contribution is -0.139. The predicted octanol–water partition coefficient (Wildman–Crippen LogP) is 3.18. The Hall–Kier alpha value is -4.54. The van der Waals surface area contributed by atoms with E-state index in [1.165, 1.54) is 6.33 Å². The van der Waals surface area contributed by atoms with Gasteiger partial charge in [0.15, 0.2) is 23.9 Å². The minimum atomic E-state index is -1.09. The molecule has 1 aliphatic carbocycles. The third-order valence-corrected chi connectivity index (χ3v) is 6.58. The van der Waals surface area contributed by atoms with Crippen molar-refractivity contribution in [3.8, 4) is 23.0 Å². The lowest BCUT2D eigenvalue weighted by Gasteiger charge is -2.35. The zero-order valence-corrected chi connectivity index (χ0v) is 20.6. The van der Waals surface area contributed by atoms with E-state index < -0.39 is 18.6 Å². The number of ketones is 1. The van der Waals surface area contributed by atoms with Crippen LogP contribution >= 0.6 is 0 Å². The van der Waals surface area contributed by atoms with E-state index in [0.717, 1.165) is 11.3 Å². The molecule has 2 atom stereocenters. The van der Waals surface area contributed by atoms with Crippen molar-refractivity contribution in [2.24, 2.45) is 0 Å². The second-order valence-electron chi connectivity index (χ2n) is 8.66. The summed E-state index contributed by atoms with van der Waals surface area (Å²) in [6.07, 6.45) is 2.19. The van der Waals surface area contributed by atoms with E-state index in [2.05, 4.69) is 15.4 Å². The summed E-state index contributed by atoms with van der Waals surface area (Å²) in [6, 6.07) is 10.2. The van der Waals surface area contributed by atoms with Crippen molar-refractivity contribution in [1.29, 1.82) is 0 Å². The Morgan fingerprint density at radius 2 is 1.81 bits per heavy atom. The largest absolute Gasteiger partial charge is 0.493 e. The summed E-state index contributed by atoms with van der Waals surface area (Å²) >= 11 is 0. The smallest absolute Gasteiger partial charge is 0.341 e. The molecule has 192 valence electrons. The fourth-order valence-corrected chi connectivity index (χ4v) is 4.99. The third-order valence-electron chi connectivity index (χ3n) is 6.58. The van der Waals surface area contributed by atoms with Crippen molar-refractivity contribution < 1.29 is 33.6 Å². The van der Waals surface area contributed by atoms with Crippen LogP contribution in [0.3, 0.4) is 0 Å². The van der Waals surface area contributed by atoms with Crippen LogP contribution in [0.4, 0.5) is 5.95 Å². The number of anilines is 1. The van der Waals surface area contributed by atoms with Crippen molar-refractivity contribution >= 4 is 17.7 Å². The van der Waals surface area contributed by atoms with E-state index in [0.29, 0.717) is 46.5 Å². The molecule has 5 rings (SSSR count). The van der Waals surface area contributed by atoms with Crippen LogP contribution < -0.4 is 24.3 Å². The first kappa shape index (κ1) is 24.2. The molecule has 11 heteroatoms. The van der Waals surface area contributed by atoms with Crippen LogP contribution in [0.1, 0.15) is 35.9 Å². The SMILES string of the molecule is COc1cc([C@H]2CC(=O)C3=C(C2)Nc2ncnn2[C@@H]3c2ccccc2OCC(=O)O)cc(OC)c1OC. The second-order valence-corrected chi connectivity index (χ2v) is 8.66. The number of rotatable bonds is 8. The van der Waals surface area contributed by atoms with Gasteiger partial charge in [-0.2, -0.15) is 10.1 Å². The molecule has 37 heavy (non-hydrogen) atoms. The third kappa shape index (κ3) is 4.32. The van der Waals surface area contributed by atoms with Crippen LogP contribution in [0.15, 0.2) is 54.0 Å². The zero-order chi connectivity index (χ0) is 26.1. The molecule has 0 saturated carbocycles. The van der Waals surface area contributed by atoms with Crippen molar-refractivity contribution in [2.75, 3.05) is 33.3 Å². The fraction of sp³-hybridized carbons (Fsp3) is 0.308. The number of nitrogens with zero attached hydrogens (tertiary/aromatic N) is 3. The van der Waals surface area contributed by atoms with Gasteiger partial charge in [0.05, 0.1) is 21.3 Å². The molecule has 0 amide bonds. The molecule has 2 aromatic carbocycles.